The van der Waals surface area contributed by atoms with Gasteiger partial charge in [0.25, 0.3) is 5.91 Å². The molecule has 9 nitrogen and oxygen atoms in total. The predicted octanol–water partition coefficient (Wildman–Crippen LogP) is -3.34. The Kier molecular flexibility index (Phi) is 8.74. The van der Waals surface area contributed by atoms with E-state index in [1.165, 1.54) is 6.92 Å². The summed E-state index contributed by atoms with van der Waals surface area (Å²) in [5.41, 5.74) is 0.192. The van der Waals surface area contributed by atoms with Crippen LogP contribution in [0.5, 0.6) is 0 Å². The molecular weight excluding hydrogens is 286 g/mol. The molecule has 0 saturated carbocycles. The zero-order chi connectivity index (χ0) is 16.6. The lowest BCUT2D eigenvalue weighted by Crippen LogP contribution is -2.52. The molecule has 0 aromatic carbocycles. The van der Waals surface area contributed by atoms with Gasteiger partial charge in [0.2, 0.25) is 0 Å². The van der Waals surface area contributed by atoms with Gasteiger partial charge in [-0.05, 0) is 6.92 Å². The molecule has 0 radical (unpaired) electrons. The molecule has 0 spiro atoms. The number of aliphatic hydroxyl groups is 5. The summed E-state index contributed by atoms with van der Waals surface area (Å²) in [4.78, 5) is 22.5. The van der Waals surface area contributed by atoms with Crippen molar-refractivity contribution in [1.82, 2.24) is 5.32 Å². The largest absolute Gasteiger partial charge is 0.460 e. The molecule has 0 bridgehead atoms. The molecule has 0 heterocycles. The SMILES string of the molecule is C=C(C)C(=O)OCCNC(=O)[C@@H](O)[C@@H](O)[C@@H](O)[C@H](O)CO. The third-order valence-corrected chi connectivity index (χ3v) is 2.51. The van der Waals surface area contributed by atoms with E-state index in [0.717, 1.165) is 0 Å². The average Bonchev–Trinajstić information content (AvgIpc) is 2.47. The monoisotopic (exact) mass is 307 g/mol. The van der Waals surface area contributed by atoms with Crippen LogP contribution in [0.15, 0.2) is 12.2 Å². The summed E-state index contributed by atoms with van der Waals surface area (Å²) >= 11 is 0. The topological polar surface area (TPSA) is 157 Å². The van der Waals surface area contributed by atoms with Crippen molar-refractivity contribution in [2.75, 3.05) is 19.8 Å². The molecule has 4 atom stereocenters. The summed E-state index contributed by atoms with van der Waals surface area (Å²) in [5.74, 6) is -1.66. The fraction of sp³-hybridized carbons (Fsp3) is 0.667. The van der Waals surface area contributed by atoms with Gasteiger partial charge in [0.05, 0.1) is 13.2 Å². The Hall–Kier alpha value is -1.52. The number of ether oxygens (including phenoxy) is 1. The summed E-state index contributed by atoms with van der Waals surface area (Å²) < 4.78 is 4.68. The number of hydrogen-bond donors (Lipinski definition) is 6. The fourth-order valence-corrected chi connectivity index (χ4v) is 1.22. The number of nitrogens with one attached hydrogen (secondary N) is 1. The van der Waals surface area contributed by atoms with Gasteiger partial charge in [-0.1, -0.05) is 6.58 Å². The summed E-state index contributed by atoms with van der Waals surface area (Å²) in [7, 11) is 0. The van der Waals surface area contributed by atoms with Crippen molar-refractivity contribution < 1.29 is 39.9 Å². The molecule has 0 rings (SSSR count). The molecule has 0 aliphatic carbocycles. The van der Waals surface area contributed by atoms with Crippen LogP contribution in [0.4, 0.5) is 0 Å². The van der Waals surface area contributed by atoms with Crippen LogP contribution >= 0.6 is 0 Å². The first-order valence-corrected chi connectivity index (χ1v) is 6.15. The molecule has 0 aliphatic heterocycles. The first kappa shape index (κ1) is 19.5. The number of aliphatic hydroxyl groups excluding tert-OH is 5. The van der Waals surface area contributed by atoms with E-state index in [-0.39, 0.29) is 18.7 Å². The van der Waals surface area contributed by atoms with Gasteiger partial charge in [0, 0.05) is 5.57 Å². The predicted molar refractivity (Wildman–Crippen MR) is 69.9 cm³/mol. The number of amides is 1. The van der Waals surface area contributed by atoms with Crippen molar-refractivity contribution in [1.29, 1.82) is 0 Å². The van der Waals surface area contributed by atoms with Gasteiger partial charge in [0.15, 0.2) is 6.10 Å². The van der Waals surface area contributed by atoms with Crippen molar-refractivity contribution in [2.24, 2.45) is 0 Å². The maximum absolute atomic E-state index is 11.4. The lowest BCUT2D eigenvalue weighted by molar-refractivity contribution is -0.149. The van der Waals surface area contributed by atoms with Crippen LogP contribution in [0, 0.1) is 0 Å². The van der Waals surface area contributed by atoms with Gasteiger partial charge in [-0.3, -0.25) is 4.79 Å². The van der Waals surface area contributed by atoms with Crippen LogP contribution in [-0.4, -0.2) is 81.6 Å². The fourth-order valence-electron chi connectivity index (χ4n) is 1.22. The number of hydrogen-bond acceptors (Lipinski definition) is 8. The van der Waals surface area contributed by atoms with E-state index < -0.39 is 42.9 Å². The Balaban J connectivity index is 4.16. The number of esters is 1. The standard InChI is InChI=1S/C12H21NO8/c1-6(2)12(20)21-4-3-13-11(19)10(18)9(17)8(16)7(15)5-14/h7-10,14-18H,1,3-5H2,2H3,(H,13,19)/t7-,8+,9+,10+/m1/s1. The van der Waals surface area contributed by atoms with Crippen LogP contribution < -0.4 is 5.32 Å². The van der Waals surface area contributed by atoms with Crippen LogP contribution in [0.25, 0.3) is 0 Å². The van der Waals surface area contributed by atoms with Gasteiger partial charge in [-0.2, -0.15) is 0 Å². The molecule has 0 aromatic rings. The molecule has 21 heavy (non-hydrogen) atoms. The molecule has 6 N–H and O–H groups in total. The molecule has 0 unspecified atom stereocenters. The van der Waals surface area contributed by atoms with Crippen molar-refractivity contribution in [3.63, 3.8) is 0 Å². The minimum absolute atomic E-state index is 0.125. The van der Waals surface area contributed by atoms with Gasteiger partial charge in [-0.25, -0.2) is 4.79 Å². The highest BCUT2D eigenvalue weighted by molar-refractivity contribution is 5.87. The second kappa shape index (κ2) is 9.42. The van der Waals surface area contributed by atoms with Gasteiger partial charge < -0.3 is 35.6 Å². The number of carbonyl (C=O) groups excluding carboxylic acids is 2. The summed E-state index contributed by atoms with van der Waals surface area (Å²) in [6.07, 6.45) is -7.58. The van der Waals surface area contributed by atoms with Crippen molar-refractivity contribution >= 4 is 11.9 Å². The van der Waals surface area contributed by atoms with Crippen molar-refractivity contribution in [3.05, 3.63) is 12.2 Å². The molecular formula is C12H21NO8. The molecule has 0 aromatic heterocycles. The highest BCUT2D eigenvalue weighted by Gasteiger charge is 2.33. The van der Waals surface area contributed by atoms with Crippen LogP contribution in [0.1, 0.15) is 6.92 Å². The van der Waals surface area contributed by atoms with E-state index in [9.17, 15) is 24.9 Å². The first-order valence-electron chi connectivity index (χ1n) is 6.15. The Bertz CT molecular complexity index is 372. The highest BCUT2D eigenvalue weighted by atomic mass is 16.5. The Labute approximate surface area is 121 Å². The van der Waals surface area contributed by atoms with Gasteiger partial charge in [0.1, 0.15) is 24.9 Å². The third kappa shape index (κ3) is 6.65. The van der Waals surface area contributed by atoms with Gasteiger partial charge in [-0.15, -0.1) is 0 Å². The van der Waals surface area contributed by atoms with E-state index in [1.807, 2.05) is 0 Å². The Morgan fingerprint density at radius 1 is 1.19 bits per heavy atom. The van der Waals surface area contributed by atoms with E-state index in [0.29, 0.717) is 0 Å². The molecule has 9 heteroatoms. The van der Waals surface area contributed by atoms with Gasteiger partial charge >= 0.3 is 5.97 Å². The molecule has 0 saturated heterocycles. The highest BCUT2D eigenvalue weighted by Crippen LogP contribution is 2.05. The zero-order valence-corrected chi connectivity index (χ0v) is 11.6. The normalized spacial score (nSPS) is 16.5. The second-order valence-corrected chi connectivity index (χ2v) is 4.38. The summed E-state index contributed by atoms with van der Waals surface area (Å²) in [5, 5.41) is 48.1. The lowest BCUT2D eigenvalue weighted by Gasteiger charge is -2.24. The van der Waals surface area contributed by atoms with E-state index in [4.69, 9.17) is 10.2 Å². The molecule has 1 amide bonds. The minimum Gasteiger partial charge on any atom is -0.460 e. The smallest absolute Gasteiger partial charge is 0.333 e. The van der Waals surface area contributed by atoms with Crippen LogP contribution in [0.3, 0.4) is 0 Å². The number of carbonyl (C=O) groups is 2. The molecule has 0 fully saturated rings. The molecule has 0 aliphatic rings. The maximum atomic E-state index is 11.4. The van der Waals surface area contributed by atoms with Crippen LogP contribution in [-0.2, 0) is 14.3 Å². The zero-order valence-electron chi connectivity index (χ0n) is 11.6. The second-order valence-electron chi connectivity index (χ2n) is 4.38. The van der Waals surface area contributed by atoms with E-state index in [2.05, 4.69) is 16.6 Å². The maximum Gasteiger partial charge on any atom is 0.333 e. The van der Waals surface area contributed by atoms with Crippen LogP contribution in [0.2, 0.25) is 0 Å². The summed E-state index contributed by atoms with van der Waals surface area (Å²) in [6, 6.07) is 0. The molecule has 122 valence electrons. The quantitative estimate of drug-likeness (QED) is 0.147. The Morgan fingerprint density at radius 2 is 1.76 bits per heavy atom. The first-order chi connectivity index (χ1) is 9.72. The Morgan fingerprint density at radius 3 is 2.24 bits per heavy atom. The minimum atomic E-state index is -2.02. The summed E-state index contributed by atoms with van der Waals surface area (Å²) in [6.45, 7) is 3.68. The third-order valence-electron chi connectivity index (χ3n) is 2.51. The number of rotatable bonds is 9. The lowest BCUT2D eigenvalue weighted by atomic mass is 10.0. The van der Waals surface area contributed by atoms with Crippen molar-refractivity contribution in [3.8, 4) is 0 Å². The van der Waals surface area contributed by atoms with Crippen molar-refractivity contribution in [2.45, 2.75) is 31.3 Å². The van der Waals surface area contributed by atoms with E-state index in [1.54, 1.807) is 0 Å². The van der Waals surface area contributed by atoms with E-state index >= 15 is 0 Å². The average molecular weight is 307 g/mol.